The van der Waals surface area contributed by atoms with Crippen LogP contribution in [0.4, 0.5) is 0 Å². The third-order valence-corrected chi connectivity index (χ3v) is 2.73. The zero-order valence-corrected chi connectivity index (χ0v) is 9.38. The lowest BCUT2D eigenvalue weighted by Crippen LogP contribution is -2.43. The number of aromatic nitrogens is 3. The second-order valence-electron chi connectivity index (χ2n) is 3.01. The number of hydrogen-bond donors (Lipinski definition) is 3. The maximum atomic E-state index is 11.1. The van der Waals surface area contributed by atoms with Crippen LogP contribution in [0.1, 0.15) is 13.3 Å². The molecule has 1 atom stereocenters. The Bertz CT molecular complexity index is 289. The molecule has 0 radical (unpaired) electrons. The van der Waals surface area contributed by atoms with Gasteiger partial charge in [-0.05, 0) is 13.0 Å². The normalized spacial score (nSPS) is 12.6. The summed E-state index contributed by atoms with van der Waals surface area (Å²) in [5.41, 5.74) is 5.26. The molecule has 1 heterocycles. The molecule has 0 saturated carbocycles. The van der Waals surface area contributed by atoms with E-state index in [-0.39, 0.29) is 11.9 Å². The van der Waals surface area contributed by atoms with Gasteiger partial charge in [0, 0.05) is 5.75 Å². The summed E-state index contributed by atoms with van der Waals surface area (Å²) in [6.45, 7) is 2.82. The number of nitrogens with zero attached hydrogens (tertiary/aromatic N) is 2. The van der Waals surface area contributed by atoms with Gasteiger partial charge in [-0.1, -0.05) is 18.7 Å². The van der Waals surface area contributed by atoms with Crippen LogP contribution in [0.25, 0.3) is 0 Å². The lowest BCUT2D eigenvalue weighted by Gasteiger charge is -2.13. The molecule has 0 aliphatic rings. The van der Waals surface area contributed by atoms with E-state index < -0.39 is 0 Å². The van der Waals surface area contributed by atoms with Crippen molar-refractivity contribution in [2.75, 3.05) is 12.3 Å². The molecule has 84 valence electrons. The molecule has 1 amide bonds. The van der Waals surface area contributed by atoms with Crippen molar-refractivity contribution >= 4 is 17.7 Å². The Morgan fingerprint density at radius 2 is 2.60 bits per heavy atom. The third-order valence-electron chi connectivity index (χ3n) is 1.76. The van der Waals surface area contributed by atoms with Gasteiger partial charge in [-0.15, -0.1) is 0 Å². The molecule has 0 aliphatic heterocycles. The molecule has 0 saturated heterocycles. The van der Waals surface area contributed by atoms with Gasteiger partial charge in [0.15, 0.2) is 5.16 Å². The Labute approximate surface area is 92.4 Å². The molecular weight excluding hydrogens is 214 g/mol. The highest BCUT2D eigenvalue weighted by Gasteiger charge is 2.14. The monoisotopic (exact) mass is 229 g/mol. The van der Waals surface area contributed by atoms with E-state index in [2.05, 4.69) is 20.5 Å². The van der Waals surface area contributed by atoms with Crippen molar-refractivity contribution in [1.29, 1.82) is 0 Å². The largest absolute Gasteiger partial charge is 0.368 e. The topological polar surface area (TPSA) is 96.7 Å². The quantitative estimate of drug-likeness (QED) is 0.560. The van der Waals surface area contributed by atoms with Crippen LogP contribution >= 0.6 is 11.8 Å². The first-order valence-electron chi connectivity index (χ1n) is 4.75. The Hall–Kier alpha value is -1.08. The van der Waals surface area contributed by atoms with Gasteiger partial charge in [0.2, 0.25) is 5.91 Å². The summed E-state index contributed by atoms with van der Waals surface area (Å²) in [4.78, 5) is 15.0. The van der Waals surface area contributed by atoms with E-state index in [1.54, 1.807) is 0 Å². The average molecular weight is 229 g/mol. The van der Waals surface area contributed by atoms with Crippen LogP contribution in [-0.4, -0.2) is 39.4 Å². The summed E-state index contributed by atoms with van der Waals surface area (Å²) in [5, 5.41) is 10.2. The van der Waals surface area contributed by atoms with E-state index in [1.807, 2.05) is 6.92 Å². The molecule has 1 aromatic rings. The van der Waals surface area contributed by atoms with Crippen LogP contribution in [0.2, 0.25) is 0 Å². The molecule has 0 fully saturated rings. The van der Waals surface area contributed by atoms with Gasteiger partial charge in [-0.3, -0.25) is 9.89 Å². The summed E-state index contributed by atoms with van der Waals surface area (Å²) in [6, 6.07) is -0.319. The minimum Gasteiger partial charge on any atom is -0.368 e. The van der Waals surface area contributed by atoms with Crippen LogP contribution in [0.3, 0.4) is 0 Å². The number of carbonyl (C=O) groups excluding carboxylic acids is 1. The van der Waals surface area contributed by atoms with E-state index in [0.717, 1.165) is 13.0 Å². The number of nitrogens with two attached hydrogens (primary N) is 1. The minimum absolute atomic E-state index is 0.319. The molecule has 0 aromatic carbocycles. The lowest BCUT2D eigenvalue weighted by atomic mass is 10.3. The zero-order chi connectivity index (χ0) is 11.1. The Morgan fingerprint density at radius 1 is 1.80 bits per heavy atom. The van der Waals surface area contributed by atoms with Gasteiger partial charge >= 0.3 is 0 Å². The standard InChI is InChI=1S/C8H15N5OS/c1-2-3-10-6(7(9)14)4-15-8-11-5-12-13-8/h5-6,10H,2-4H2,1H3,(H2,9,14)(H,11,12,13). The predicted octanol–water partition coefficient (Wildman–Crippen LogP) is -0.250. The van der Waals surface area contributed by atoms with Gasteiger partial charge in [-0.25, -0.2) is 4.98 Å². The second-order valence-corrected chi connectivity index (χ2v) is 4.02. The molecule has 0 spiro atoms. The van der Waals surface area contributed by atoms with E-state index in [4.69, 9.17) is 5.73 Å². The first-order chi connectivity index (χ1) is 7.24. The SMILES string of the molecule is CCCNC(CSc1ncn[nH]1)C(N)=O. The van der Waals surface area contributed by atoms with Gasteiger partial charge in [-0.2, -0.15) is 5.10 Å². The maximum Gasteiger partial charge on any atom is 0.235 e. The van der Waals surface area contributed by atoms with E-state index in [0.29, 0.717) is 10.9 Å². The van der Waals surface area contributed by atoms with Crippen molar-refractivity contribution in [1.82, 2.24) is 20.5 Å². The number of thioether (sulfide) groups is 1. The fourth-order valence-electron chi connectivity index (χ4n) is 0.986. The van der Waals surface area contributed by atoms with Gasteiger partial charge in [0.25, 0.3) is 0 Å². The number of amides is 1. The van der Waals surface area contributed by atoms with Gasteiger partial charge in [0.1, 0.15) is 6.33 Å². The number of H-pyrrole nitrogens is 1. The summed E-state index contributed by atoms with van der Waals surface area (Å²) in [6.07, 6.45) is 2.40. The summed E-state index contributed by atoms with van der Waals surface area (Å²) >= 11 is 1.42. The van der Waals surface area contributed by atoms with E-state index in [1.165, 1.54) is 18.1 Å². The van der Waals surface area contributed by atoms with Crippen LogP contribution < -0.4 is 11.1 Å². The number of primary amides is 1. The summed E-state index contributed by atoms with van der Waals surface area (Å²) in [7, 11) is 0. The van der Waals surface area contributed by atoms with Crippen LogP contribution in [0, 0.1) is 0 Å². The molecule has 0 bridgehead atoms. The molecule has 1 aromatic heterocycles. The van der Waals surface area contributed by atoms with Crippen molar-refractivity contribution < 1.29 is 4.79 Å². The summed E-state index contributed by atoms with van der Waals surface area (Å²) in [5.74, 6) is 0.223. The Balaban J connectivity index is 2.34. The molecule has 7 heteroatoms. The first-order valence-corrected chi connectivity index (χ1v) is 5.73. The van der Waals surface area contributed by atoms with Crippen molar-refractivity contribution in [3.63, 3.8) is 0 Å². The number of hydrogen-bond acceptors (Lipinski definition) is 5. The fraction of sp³-hybridized carbons (Fsp3) is 0.625. The number of carbonyl (C=O) groups is 1. The predicted molar refractivity (Wildman–Crippen MR) is 58.4 cm³/mol. The zero-order valence-electron chi connectivity index (χ0n) is 8.56. The third kappa shape index (κ3) is 4.30. The lowest BCUT2D eigenvalue weighted by molar-refractivity contribution is -0.119. The second kappa shape index (κ2) is 6.41. The molecular formula is C8H15N5OS. The smallest absolute Gasteiger partial charge is 0.235 e. The highest BCUT2D eigenvalue weighted by molar-refractivity contribution is 7.99. The Kier molecular flexibility index (Phi) is 5.13. The highest BCUT2D eigenvalue weighted by atomic mass is 32.2. The van der Waals surface area contributed by atoms with Gasteiger partial charge < -0.3 is 11.1 Å². The summed E-state index contributed by atoms with van der Waals surface area (Å²) < 4.78 is 0. The molecule has 0 aliphatic carbocycles. The van der Waals surface area contributed by atoms with Crippen LogP contribution in [0.15, 0.2) is 11.5 Å². The molecule has 4 N–H and O–H groups in total. The Morgan fingerprint density at radius 3 is 3.13 bits per heavy atom. The number of aromatic amines is 1. The van der Waals surface area contributed by atoms with Gasteiger partial charge in [0.05, 0.1) is 6.04 Å². The van der Waals surface area contributed by atoms with Crippen LogP contribution in [0.5, 0.6) is 0 Å². The molecule has 15 heavy (non-hydrogen) atoms. The van der Waals surface area contributed by atoms with Crippen LogP contribution in [-0.2, 0) is 4.79 Å². The van der Waals surface area contributed by atoms with E-state index in [9.17, 15) is 4.79 Å². The van der Waals surface area contributed by atoms with Crippen molar-refractivity contribution in [3.8, 4) is 0 Å². The van der Waals surface area contributed by atoms with Crippen molar-refractivity contribution in [2.45, 2.75) is 24.5 Å². The molecule has 1 unspecified atom stereocenters. The number of nitrogens with one attached hydrogen (secondary N) is 2. The highest BCUT2D eigenvalue weighted by Crippen LogP contribution is 2.11. The number of rotatable bonds is 7. The molecule has 6 nitrogen and oxygen atoms in total. The maximum absolute atomic E-state index is 11.1. The van der Waals surface area contributed by atoms with Crippen molar-refractivity contribution in [2.24, 2.45) is 5.73 Å². The van der Waals surface area contributed by atoms with Crippen molar-refractivity contribution in [3.05, 3.63) is 6.33 Å². The molecule has 1 rings (SSSR count). The fourth-order valence-corrected chi connectivity index (χ4v) is 1.83. The first kappa shape index (κ1) is 12.0. The van der Waals surface area contributed by atoms with E-state index >= 15 is 0 Å². The minimum atomic E-state index is -0.338. The average Bonchev–Trinajstić information content (AvgIpc) is 2.70.